The summed E-state index contributed by atoms with van der Waals surface area (Å²) in [6, 6.07) is 0. The molecule has 1 aromatic rings. The second-order valence-electron chi connectivity index (χ2n) is 2.58. The molecule has 0 unspecified atom stereocenters. The normalized spacial score (nSPS) is 9.38. The highest BCUT2D eigenvalue weighted by atomic mass is 16.5. The number of nitrogens with zero attached hydrogens (tertiary/aromatic N) is 2. The summed E-state index contributed by atoms with van der Waals surface area (Å²) >= 11 is 0. The Kier molecular flexibility index (Phi) is 4.00. The van der Waals surface area contributed by atoms with Crippen LogP contribution in [-0.4, -0.2) is 16.7 Å². The summed E-state index contributed by atoms with van der Waals surface area (Å²) in [6.45, 7) is 5.11. The maximum Gasteiger partial charge on any atom is 0.223 e. The molecule has 1 aromatic heterocycles. The zero-order valence-corrected chi connectivity index (χ0v) is 7.92. The van der Waals surface area contributed by atoms with E-state index in [4.69, 9.17) is 4.52 Å². The van der Waals surface area contributed by atoms with Gasteiger partial charge in [0, 0.05) is 19.9 Å². The second kappa shape index (κ2) is 5.33. The van der Waals surface area contributed by atoms with Crippen LogP contribution in [0, 0.1) is 18.8 Å². The lowest BCUT2D eigenvalue weighted by Gasteiger charge is -1.95. The van der Waals surface area contributed by atoms with Crippen LogP contribution in [0.15, 0.2) is 4.52 Å². The van der Waals surface area contributed by atoms with Gasteiger partial charge in [-0.2, -0.15) is 4.98 Å². The molecule has 70 valence electrons. The maximum absolute atomic E-state index is 4.81. The maximum atomic E-state index is 4.81. The first-order valence-corrected chi connectivity index (χ1v) is 4.22. The first-order valence-electron chi connectivity index (χ1n) is 4.22. The van der Waals surface area contributed by atoms with Crippen LogP contribution in [0.25, 0.3) is 0 Å². The minimum atomic E-state index is 0.602. The molecule has 0 atom stereocenters. The van der Waals surface area contributed by atoms with Crippen LogP contribution in [0.3, 0.4) is 0 Å². The van der Waals surface area contributed by atoms with Crippen LogP contribution in [0.2, 0.25) is 0 Å². The molecule has 4 nitrogen and oxygen atoms in total. The van der Waals surface area contributed by atoms with Crippen LogP contribution in [0.5, 0.6) is 0 Å². The summed E-state index contributed by atoms with van der Waals surface area (Å²) in [7, 11) is 0. The molecule has 1 heterocycles. The lowest BCUT2D eigenvalue weighted by molar-refractivity contribution is 0.385. The van der Waals surface area contributed by atoms with Gasteiger partial charge < -0.3 is 9.84 Å². The van der Waals surface area contributed by atoms with E-state index >= 15 is 0 Å². The van der Waals surface area contributed by atoms with Crippen molar-refractivity contribution < 1.29 is 4.52 Å². The fourth-order valence-corrected chi connectivity index (χ4v) is 0.889. The van der Waals surface area contributed by atoms with Gasteiger partial charge in [-0.3, -0.25) is 0 Å². The Morgan fingerprint density at radius 1 is 1.54 bits per heavy atom. The number of hydrogen-bond acceptors (Lipinski definition) is 4. The molecular formula is C9H13N3O. The molecule has 0 radical (unpaired) electrons. The van der Waals surface area contributed by atoms with E-state index < -0.39 is 0 Å². The molecule has 0 aromatic carbocycles. The topological polar surface area (TPSA) is 51.0 Å². The monoisotopic (exact) mass is 179 g/mol. The molecule has 0 saturated heterocycles. The average molecular weight is 179 g/mol. The molecule has 0 amide bonds. The molecule has 0 aliphatic rings. The first-order chi connectivity index (χ1) is 6.33. The van der Waals surface area contributed by atoms with Crippen molar-refractivity contribution in [2.75, 3.05) is 6.54 Å². The largest absolute Gasteiger partial charge is 0.340 e. The molecule has 0 saturated carbocycles. The van der Waals surface area contributed by atoms with Crippen molar-refractivity contribution in [1.82, 2.24) is 15.5 Å². The van der Waals surface area contributed by atoms with E-state index in [1.54, 1.807) is 6.92 Å². The number of rotatable bonds is 4. The zero-order valence-electron chi connectivity index (χ0n) is 7.92. The van der Waals surface area contributed by atoms with Crippen molar-refractivity contribution >= 4 is 0 Å². The summed E-state index contributed by atoms with van der Waals surface area (Å²) in [5.41, 5.74) is 0. The Balaban J connectivity index is 2.15. The van der Waals surface area contributed by atoms with Gasteiger partial charge in [-0.05, 0) is 6.92 Å². The van der Waals surface area contributed by atoms with Crippen LogP contribution >= 0.6 is 0 Å². The highest BCUT2D eigenvalue weighted by Gasteiger charge is 1.99. The molecule has 0 spiro atoms. The van der Waals surface area contributed by atoms with Crippen molar-refractivity contribution in [1.29, 1.82) is 0 Å². The zero-order chi connectivity index (χ0) is 9.52. The second-order valence-corrected chi connectivity index (χ2v) is 2.58. The van der Waals surface area contributed by atoms with Crippen LogP contribution in [0.1, 0.15) is 25.1 Å². The predicted octanol–water partition coefficient (Wildman–Crippen LogP) is 0.881. The molecule has 0 aliphatic carbocycles. The van der Waals surface area contributed by atoms with Crippen molar-refractivity contribution in [2.24, 2.45) is 0 Å². The first kappa shape index (κ1) is 9.75. The van der Waals surface area contributed by atoms with Crippen LogP contribution < -0.4 is 5.32 Å². The van der Waals surface area contributed by atoms with E-state index in [2.05, 4.69) is 27.3 Å². The highest BCUT2D eigenvalue weighted by Crippen LogP contribution is 1.93. The smallest absolute Gasteiger partial charge is 0.223 e. The quantitative estimate of drug-likeness (QED) is 0.550. The predicted molar refractivity (Wildman–Crippen MR) is 48.8 cm³/mol. The summed E-state index contributed by atoms with van der Waals surface area (Å²) in [5, 5.41) is 6.91. The Morgan fingerprint density at radius 3 is 3.00 bits per heavy atom. The van der Waals surface area contributed by atoms with Crippen LogP contribution in [0.4, 0.5) is 0 Å². The molecule has 1 rings (SSSR count). The minimum absolute atomic E-state index is 0.602. The SMILES string of the molecule is CC#CCCNCc1noc(C)n1. The van der Waals surface area contributed by atoms with Crippen molar-refractivity contribution in [3.8, 4) is 11.8 Å². The minimum Gasteiger partial charge on any atom is -0.340 e. The summed E-state index contributed by atoms with van der Waals surface area (Å²) < 4.78 is 4.81. The molecule has 13 heavy (non-hydrogen) atoms. The number of hydrogen-bond donors (Lipinski definition) is 1. The van der Waals surface area contributed by atoms with E-state index in [9.17, 15) is 0 Å². The third-order valence-electron chi connectivity index (χ3n) is 1.46. The fraction of sp³-hybridized carbons (Fsp3) is 0.556. The van der Waals surface area contributed by atoms with Gasteiger partial charge in [-0.25, -0.2) is 0 Å². The lowest BCUT2D eigenvalue weighted by Crippen LogP contribution is -2.15. The molecule has 0 aliphatic heterocycles. The summed E-state index contributed by atoms with van der Waals surface area (Å²) in [6.07, 6.45) is 0.854. The van der Waals surface area contributed by atoms with Gasteiger partial charge in [0.1, 0.15) is 0 Å². The van der Waals surface area contributed by atoms with Gasteiger partial charge in [0.05, 0.1) is 6.54 Å². The van der Waals surface area contributed by atoms with Crippen molar-refractivity contribution in [2.45, 2.75) is 26.8 Å². The molecular weight excluding hydrogens is 166 g/mol. The van der Waals surface area contributed by atoms with Crippen LogP contribution in [-0.2, 0) is 6.54 Å². The molecule has 0 bridgehead atoms. The Bertz CT molecular complexity index is 308. The van der Waals surface area contributed by atoms with E-state index in [-0.39, 0.29) is 0 Å². The van der Waals surface area contributed by atoms with E-state index in [0.29, 0.717) is 18.3 Å². The summed E-state index contributed by atoms with van der Waals surface area (Å²) in [5.74, 6) is 7.09. The summed E-state index contributed by atoms with van der Waals surface area (Å²) in [4.78, 5) is 4.05. The Labute approximate surface area is 77.7 Å². The van der Waals surface area contributed by atoms with Gasteiger partial charge in [-0.1, -0.05) is 5.16 Å². The van der Waals surface area contributed by atoms with E-state index in [1.165, 1.54) is 0 Å². The number of aryl methyl sites for hydroxylation is 1. The average Bonchev–Trinajstić information content (AvgIpc) is 2.51. The number of nitrogens with one attached hydrogen (secondary N) is 1. The number of aromatic nitrogens is 2. The lowest BCUT2D eigenvalue weighted by atomic mass is 10.4. The highest BCUT2D eigenvalue weighted by molar-refractivity contribution is 4.95. The molecule has 0 fully saturated rings. The standard InChI is InChI=1S/C9H13N3O/c1-3-4-5-6-10-7-9-11-8(2)13-12-9/h10H,5-7H2,1-2H3. The fourth-order valence-electron chi connectivity index (χ4n) is 0.889. The van der Waals surface area contributed by atoms with Gasteiger partial charge in [0.2, 0.25) is 5.89 Å². The van der Waals surface area contributed by atoms with Gasteiger partial charge in [0.25, 0.3) is 0 Å². The van der Waals surface area contributed by atoms with Crippen molar-refractivity contribution in [3.63, 3.8) is 0 Å². The Hall–Kier alpha value is -1.34. The van der Waals surface area contributed by atoms with E-state index in [0.717, 1.165) is 13.0 Å². The van der Waals surface area contributed by atoms with Gasteiger partial charge >= 0.3 is 0 Å². The van der Waals surface area contributed by atoms with Crippen molar-refractivity contribution in [3.05, 3.63) is 11.7 Å². The molecule has 1 N–H and O–H groups in total. The molecule has 4 heteroatoms. The van der Waals surface area contributed by atoms with Gasteiger partial charge in [0.15, 0.2) is 5.82 Å². The van der Waals surface area contributed by atoms with Gasteiger partial charge in [-0.15, -0.1) is 11.8 Å². The Morgan fingerprint density at radius 2 is 2.38 bits per heavy atom. The van der Waals surface area contributed by atoms with E-state index in [1.807, 2.05) is 6.92 Å². The third-order valence-corrected chi connectivity index (χ3v) is 1.46. The third kappa shape index (κ3) is 3.72.